The van der Waals surface area contributed by atoms with Gasteiger partial charge in [0.25, 0.3) is 0 Å². The molecule has 9 atom stereocenters. The average Bonchev–Trinajstić information content (AvgIpc) is 3.36. The van der Waals surface area contributed by atoms with Crippen LogP contribution in [0.1, 0.15) is 251 Å². The summed E-state index contributed by atoms with van der Waals surface area (Å²) in [4.78, 5) is 13.1. The lowest BCUT2D eigenvalue weighted by Crippen LogP contribution is -2.60. The zero-order chi connectivity index (χ0) is 51.1. The van der Waals surface area contributed by atoms with Gasteiger partial charge in [0.1, 0.15) is 36.6 Å². The van der Waals surface area contributed by atoms with Crippen LogP contribution in [-0.4, -0.2) is 110 Å². The summed E-state index contributed by atoms with van der Waals surface area (Å²) in [5, 5.41) is 75.8. The van der Waals surface area contributed by atoms with Gasteiger partial charge in [0.15, 0.2) is 6.29 Å². The van der Waals surface area contributed by atoms with Crippen molar-refractivity contribution >= 4 is 5.91 Å². The van der Waals surface area contributed by atoms with Crippen LogP contribution in [0.15, 0.2) is 48.6 Å². The van der Waals surface area contributed by atoms with Gasteiger partial charge in [-0.2, -0.15) is 0 Å². The number of amides is 1. The van der Waals surface area contributed by atoms with Crippen molar-refractivity contribution in [1.29, 1.82) is 0 Å². The Morgan fingerprint density at radius 3 is 1.40 bits per heavy atom. The minimum atomic E-state index is -1.67. The molecule has 0 radical (unpaired) electrons. The van der Waals surface area contributed by atoms with Crippen LogP contribution < -0.4 is 5.32 Å². The smallest absolute Gasteiger partial charge is 0.249 e. The zero-order valence-corrected chi connectivity index (χ0v) is 44.7. The first kappa shape index (κ1) is 66.1. The van der Waals surface area contributed by atoms with Crippen LogP contribution in [0, 0.1) is 0 Å². The highest BCUT2D eigenvalue weighted by Crippen LogP contribution is 2.23. The van der Waals surface area contributed by atoms with E-state index in [1.54, 1.807) is 0 Å². The third-order valence-corrected chi connectivity index (χ3v) is 13.8. The van der Waals surface area contributed by atoms with Crippen molar-refractivity contribution in [3.8, 4) is 0 Å². The van der Waals surface area contributed by atoms with Gasteiger partial charge in [0, 0.05) is 0 Å². The molecule has 0 aliphatic carbocycles. The highest BCUT2D eigenvalue weighted by Gasteiger charge is 2.44. The Balaban J connectivity index is 2.19. The number of unbranched alkanes of at least 4 members (excludes halogenated alkanes) is 29. The van der Waals surface area contributed by atoms with Gasteiger partial charge in [-0.15, -0.1) is 0 Å². The van der Waals surface area contributed by atoms with Crippen molar-refractivity contribution in [3.05, 3.63) is 48.6 Å². The molecule has 0 saturated carbocycles. The molecule has 1 aliphatic heterocycles. The Bertz CT molecular complexity index is 1280. The molecule has 0 bridgehead atoms. The molecule has 0 spiro atoms. The van der Waals surface area contributed by atoms with E-state index in [-0.39, 0.29) is 12.8 Å². The Kier molecular flexibility index (Phi) is 45.3. The largest absolute Gasteiger partial charge is 0.394 e. The van der Waals surface area contributed by atoms with Gasteiger partial charge >= 0.3 is 0 Å². The van der Waals surface area contributed by atoms with E-state index in [1.165, 1.54) is 161 Å². The van der Waals surface area contributed by atoms with E-state index in [4.69, 9.17) is 9.47 Å². The quantitative estimate of drug-likeness (QED) is 0.0215. The lowest BCUT2D eigenvalue weighted by atomic mass is 9.98. The van der Waals surface area contributed by atoms with E-state index in [2.05, 4.69) is 67.8 Å². The molecule has 1 fully saturated rings. The molecule has 70 heavy (non-hydrogen) atoms. The molecule has 8 N–H and O–H groups in total. The van der Waals surface area contributed by atoms with E-state index in [9.17, 15) is 40.5 Å². The summed E-state index contributed by atoms with van der Waals surface area (Å²) in [6, 6.07) is -1.19. The van der Waals surface area contributed by atoms with Crippen LogP contribution in [0.4, 0.5) is 0 Å². The average molecular weight is 993 g/mol. The van der Waals surface area contributed by atoms with Gasteiger partial charge in [0.05, 0.1) is 25.4 Å². The molecule has 410 valence electrons. The van der Waals surface area contributed by atoms with Crippen molar-refractivity contribution in [2.24, 2.45) is 0 Å². The lowest BCUT2D eigenvalue weighted by molar-refractivity contribution is -0.303. The number of rotatable bonds is 49. The Morgan fingerprint density at radius 1 is 0.500 bits per heavy atom. The number of aliphatic hydroxyl groups excluding tert-OH is 7. The molecule has 11 nitrogen and oxygen atoms in total. The standard InChI is InChI=1S/C59H109NO10/c1-3-5-7-9-11-13-15-16-17-18-19-20-21-22-23-24-25-26-27-28-29-30-31-32-33-34-35-37-39-41-43-45-47-52(63)58(68)60-50(49-69-59-57(67)56(66)55(65)53(48-61)70-59)54(64)51(62)46-44-42-40-38-36-14-12-10-8-6-4-2/h10,12,19-20,22-23,38,40,50-57,59,61-67H,3-9,11,13-18,21,24-37,39,41-49H2,1-2H3,(H,60,68)/b12-10+,20-19-,23-22-,40-38+. The Morgan fingerprint density at radius 2 is 0.914 bits per heavy atom. The summed E-state index contributed by atoms with van der Waals surface area (Å²) < 4.78 is 11.1. The molecule has 9 unspecified atom stereocenters. The van der Waals surface area contributed by atoms with Gasteiger partial charge < -0.3 is 50.5 Å². The summed E-state index contributed by atoms with van der Waals surface area (Å²) in [7, 11) is 0. The number of allylic oxidation sites excluding steroid dienone is 8. The molecule has 1 rings (SSSR count). The van der Waals surface area contributed by atoms with Crippen LogP contribution >= 0.6 is 0 Å². The predicted molar refractivity (Wildman–Crippen MR) is 288 cm³/mol. The maximum absolute atomic E-state index is 13.1. The molecule has 0 aromatic rings. The molecule has 1 heterocycles. The van der Waals surface area contributed by atoms with Crippen molar-refractivity contribution in [1.82, 2.24) is 5.32 Å². The first-order valence-corrected chi connectivity index (χ1v) is 29.0. The first-order chi connectivity index (χ1) is 34.2. The van der Waals surface area contributed by atoms with Gasteiger partial charge in [-0.05, 0) is 77.0 Å². The second-order valence-electron chi connectivity index (χ2n) is 20.3. The maximum atomic E-state index is 13.1. The van der Waals surface area contributed by atoms with Gasteiger partial charge in [0.2, 0.25) is 5.91 Å². The van der Waals surface area contributed by atoms with Crippen LogP contribution in [0.5, 0.6) is 0 Å². The second kappa shape index (κ2) is 48.0. The molecule has 0 aromatic heterocycles. The predicted octanol–water partition coefficient (Wildman–Crippen LogP) is 12.1. The fourth-order valence-corrected chi connectivity index (χ4v) is 9.06. The van der Waals surface area contributed by atoms with Crippen molar-refractivity contribution in [2.45, 2.75) is 306 Å². The maximum Gasteiger partial charge on any atom is 0.249 e. The molecule has 1 amide bonds. The molecule has 0 aromatic carbocycles. The number of carbonyl (C=O) groups is 1. The monoisotopic (exact) mass is 992 g/mol. The van der Waals surface area contributed by atoms with Crippen LogP contribution in [0.3, 0.4) is 0 Å². The normalized spacial score (nSPS) is 20.6. The summed E-state index contributed by atoms with van der Waals surface area (Å²) >= 11 is 0. The number of nitrogens with one attached hydrogen (secondary N) is 1. The van der Waals surface area contributed by atoms with Crippen molar-refractivity contribution in [3.63, 3.8) is 0 Å². The topological polar surface area (TPSA) is 189 Å². The highest BCUT2D eigenvalue weighted by molar-refractivity contribution is 5.80. The molecule has 1 aliphatic rings. The number of hydrogen-bond donors (Lipinski definition) is 8. The minimum absolute atomic E-state index is 0.245. The SMILES string of the molecule is CCCC/C=C/CC/C=C/CCCC(O)C(O)C(COC1OC(CO)C(O)C(O)C1O)NC(=O)C(O)CCCCCCCCCCCCCCCCCC/C=C\C/C=C\CCCCCCCCCCC. The number of ether oxygens (including phenoxy) is 2. The van der Waals surface area contributed by atoms with Crippen molar-refractivity contribution in [2.75, 3.05) is 13.2 Å². The zero-order valence-electron chi connectivity index (χ0n) is 44.7. The first-order valence-electron chi connectivity index (χ1n) is 29.0. The van der Waals surface area contributed by atoms with E-state index in [0.29, 0.717) is 19.3 Å². The van der Waals surface area contributed by atoms with Gasteiger partial charge in [-0.3, -0.25) is 4.79 Å². The summed E-state index contributed by atoms with van der Waals surface area (Å²) in [6.45, 7) is 3.38. The fourth-order valence-electron chi connectivity index (χ4n) is 9.06. The molecule has 1 saturated heterocycles. The third kappa shape index (κ3) is 36.1. The Hall–Kier alpha value is -1.93. The van der Waals surface area contributed by atoms with E-state index in [1.807, 2.05) is 0 Å². The number of hydrogen-bond acceptors (Lipinski definition) is 10. The fraction of sp³-hybridized carbons (Fsp3) is 0.847. The van der Waals surface area contributed by atoms with Crippen LogP contribution in [0.25, 0.3) is 0 Å². The van der Waals surface area contributed by atoms with E-state index < -0.39 is 74.2 Å². The number of carbonyl (C=O) groups excluding carboxylic acids is 1. The molecular formula is C59H109NO10. The van der Waals surface area contributed by atoms with E-state index in [0.717, 1.165) is 44.9 Å². The summed E-state index contributed by atoms with van der Waals surface area (Å²) in [6.07, 6.45) is 49.2. The van der Waals surface area contributed by atoms with Crippen LogP contribution in [-0.2, 0) is 14.3 Å². The Labute approximate surface area is 428 Å². The molecule has 11 heteroatoms. The molecular weight excluding hydrogens is 883 g/mol. The van der Waals surface area contributed by atoms with E-state index >= 15 is 0 Å². The second-order valence-corrected chi connectivity index (χ2v) is 20.3. The third-order valence-electron chi connectivity index (χ3n) is 13.8. The summed E-state index contributed by atoms with van der Waals surface area (Å²) in [5.41, 5.74) is 0. The van der Waals surface area contributed by atoms with Gasteiger partial charge in [-0.25, -0.2) is 0 Å². The van der Waals surface area contributed by atoms with Gasteiger partial charge in [-0.1, -0.05) is 223 Å². The summed E-state index contributed by atoms with van der Waals surface area (Å²) in [5.74, 6) is -0.711. The lowest BCUT2D eigenvalue weighted by Gasteiger charge is -2.40. The number of aliphatic hydroxyl groups is 7. The van der Waals surface area contributed by atoms with Crippen LogP contribution in [0.2, 0.25) is 0 Å². The minimum Gasteiger partial charge on any atom is -0.394 e. The highest BCUT2D eigenvalue weighted by atomic mass is 16.7. The van der Waals surface area contributed by atoms with Crippen molar-refractivity contribution < 1.29 is 50.0 Å².